The summed E-state index contributed by atoms with van der Waals surface area (Å²) >= 11 is 2.15. The second-order valence-corrected chi connectivity index (χ2v) is 13.0. The van der Waals surface area contributed by atoms with Gasteiger partial charge in [0.25, 0.3) is 5.91 Å². The monoisotopic (exact) mass is 847 g/mol. The summed E-state index contributed by atoms with van der Waals surface area (Å²) < 4.78 is 16.3. The van der Waals surface area contributed by atoms with Gasteiger partial charge in [0, 0.05) is 31.0 Å². The number of ketones is 1. The number of hydrogen-bond donors (Lipinski definition) is 1. The average Bonchev–Trinajstić information content (AvgIpc) is 3.76. The van der Waals surface area contributed by atoms with Crippen molar-refractivity contribution in [3.8, 4) is 0 Å². The van der Waals surface area contributed by atoms with E-state index < -0.39 is 5.97 Å². The van der Waals surface area contributed by atoms with E-state index in [0.29, 0.717) is 28.7 Å². The number of esters is 1. The molecule has 0 saturated heterocycles. The third-order valence-corrected chi connectivity index (χ3v) is 7.91. The van der Waals surface area contributed by atoms with Crippen molar-refractivity contribution in [2.75, 3.05) is 24.0 Å². The van der Waals surface area contributed by atoms with Crippen LogP contribution in [0, 0.1) is 0 Å². The number of amides is 1. The molecule has 2 N–H and O–H groups in total. The maximum absolute atomic E-state index is 12.7. The number of furan rings is 2. The largest absolute Gasteiger partial charge is 1.00 e. The summed E-state index contributed by atoms with van der Waals surface area (Å²) in [6.45, 7) is 16.5. The average molecular weight is 848 g/mol. The van der Waals surface area contributed by atoms with Gasteiger partial charge in [0.1, 0.15) is 11.5 Å². The van der Waals surface area contributed by atoms with Crippen molar-refractivity contribution in [3.63, 3.8) is 0 Å². The van der Waals surface area contributed by atoms with Crippen LogP contribution in [0.25, 0.3) is 0 Å². The number of halogens is 1. The van der Waals surface area contributed by atoms with E-state index in [1.165, 1.54) is 24.1 Å². The first-order valence-electron chi connectivity index (χ1n) is 16.5. The number of Topliss-reactive ketones (excluding diaryl/α,β-unsaturated/α-hetero) is 1. The second-order valence-electron chi connectivity index (χ2n) is 13.0. The van der Waals surface area contributed by atoms with Crippen molar-refractivity contribution in [2.45, 2.75) is 85.5 Å². The van der Waals surface area contributed by atoms with E-state index in [1.54, 1.807) is 43.4 Å². The maximum atomic E-state index is 12.7. The van der Waals surface area contributed by atoms with Crippen LogP contribution in [0.4, 0.5) is 5.69 Å². The van der Waals surface area contributed by atoms with Gasteiger partial charge in [-0.1, -0.05) is 90.1 Å². The third-order valence-electron chi connectivity index (χ3n) is 7.91. The number of benzene rings is 2. The van der Waals surface area contributed by atoms with Gasteiger partial charge >= 0.3 is 60.4 Å². The van der Waals surface area contributed by atoms with Gasteiger partial charge in [0.15, 0.2) is 11.5 Å². The van der Waals surface area contributed by atoms with Crippen LogP contribution in [0.15, 0.2) is 69.5 Å². The number of aromatic carboxylic acids is 1. The second kappa shape index (κ2) is 24.7. The van der Waals surface area contributed by atoms with Gasteiger partial charge in [-0.3, -0.25) is 9.59 Å². The van der Waals surface area contributed by atoms with Crippen molar-refractivity contribution < 1.29 is 93.2 Å². The number of hydrogen-bond acceptors (Lipinski definition) is 8. The normalized spacial score (nSPS) is 10.2. The minimum absolute atomic E-state index is 0. The first kappa shape index (κ1) is 52.5. The third kappa shape index (κ3) is 14.5. The molecule has 13 heteroatoms. The molecule has 0 fully saturated rings. The summed E-state index contributed by atoms with van der Waals surface area (Å²) in [5.74, 6) is 1.74. The zero-order valence-electron chi connectivity index (χ0n) is 34.4. The van der Waals surface area contributed by atoms with Gasteiger partial charge < -0.3 is 30.5 Å². The molecule has 0 aliphatic rings. The summed E-state index contributed by atoms with van der Waals surface area (Å²) in [7, 11) is 2.99. The van der Waals surface area contributed by atoms with Crippen molar-refractivity contribution in [1.29, 1.82) is 0 Å². The van der Waals surface area contributed by atoms with E-state index in [1.807, 2.05) is 30.9 Å². The summed E-state index contributed by atoms with van der Waals surface area (Å²) in [5.41, 5.74) is 4.23. The van der Waals surface area contributed by atoms with Crippen LogP contribution in [-0.4, -0.2) is 53.3 Å². The van der Waals surface area contributed by atoms with Gasteiger partial charge in [0.05, 0.1) is 18.2 Å². The number of nitrogens with zero attached hydrogens (tertiary/aromatic N) is 1. The molecule has 0 bridgehead atoms. The number of carbonyl (C=O) groups excluding carboxylic acids is 3. The molecule has 2 aromatic heterocycles. The number of carboxylic acid groups (broad SMARTS) is 1. The van der Waals surface area contributed by atoms with Crippen LogP contribution in [0.3, 0.4) is 0 Å². The fourth-order valence-corrected chi connectivity index (χ4v) is 5.15. The van der Waals surface area contributed by atoms with E-state index >= 15 is 0 Å². The summed E-state index contributed by atoms with van der Waals surface area (Å²) in [4.78, 5) is 51.0. The van der Waals surface area contributed by atoms with Crippen molar-refractivity contribution in [3.05, 3.63) is 112 Å². The number of alkyl halides is 1. The molecule has 0 radical (unpaired) electrons. The predicted octanol–water partition coefficient (Wildman–Crippen LogP) is 4.23. The van der Waals surface area contributed by atoms with Gasteiger partial charge in [-0.05, 0) is 82.0 Å². The van der Waals surface area contributed by atoms with E-state index in [4.69, 9.17) is 13.9 Å². The SMILES string of the molecule is CC(C)c1cc(C(=O)N(C)c2ccc(C(=O)O)cc2)oc1C(C)C.CI.COC(=O)c1ccc(CC(=O)c2cc(C(C)C)c(C(C)C)o2)cc1.[H-].[Li+].[Na+].[OH-]. The van der Waals surface area contributed by atoms with Gasteiger partial charge in [-0.2, -0.15) is 0 Å². The minimum Gasteiger partial charge on any atom is -1.00 e. The van der Waals surface area contributed by atoms with Gasteiger partial charge in [0.2, 0.25) is 5.78 Å². The number of carbonyl (C=O) groups is 4. The Labute approximate surface area is 363 Å². The van der Waals surface area contributed by atoms with Crippen molar-refractivity contribution in [1.82, 2.24) is 0 Å². The summed E-state index contributed by atoms with van der Waals surface area (Å²) in [6, 6.07) is 16.7. The maximum Gasteiger partial charge on any atom is 1.00 e. The molecule has 4 rings (SSSR count). The smallest absolute Gasteiger partial charge is 1.00 e. The van der Waals surface area contributed by atoms with E-state index in [0.717, 1.165) is 28.2 Å². The minimum atomic E-state index is -0.996. The first-order chi connectivity index (χ1) is 23.5. The molecular weight excluding hydrogens is 795 g/mol. The Morgan fingerprint density at radius 1 is 0.736 bits per heavy atom. The molecular formula is C40H52ILiNNaO9. The van der Waals surface area contributed by atoms with Crippen LogP contribution < -0.4 is 53.3 Å². The zero-order valence-corrected chi connectivity index (χ0v) is 37.5. The molecule has 53 heavy (non-hydrogen) atoms. The first-order valence-corrected chi connectivity index (χ1v) is 18.7. The molecule has 2 aromatic carbocycles. The van der Waals surface area contributed by atoms with Crippen LogP contribution in [-0.2, 0) is 11.2 Å². The fourth-order valence-electron chi connectivity index (χ4n) is 5.15. The molecule has 2 heterocycles. The van der Waals surface area contributed by atoms with E-state index in [9.17, 15) is 19.2 Å². The van der Waals surface area contributed by atoms with Crippen molar-refractivity contribution in [2.24, 2.45) is 0 Å². The predicted molar refractivity (Wildman–Crippen MR) is 209 cm³/mol. The molecule has 0 aliphatic heterocycles. The Bertz CT molecular complexity index is 1700. The summed E-state index contributed by atoms with van der Waals surface area (Å²) in [6.07, 6.45) is 0.240. The Morgan fingerprint density at radius 2 is 1.15 bits per heavy atom. The van der Waals surface area contributed by atoms with Crippen LogP contribution in [0.2, 0.25) is 0 Å². The topological polar surface area (TPSA) is 157 Å². The summed E-state index contributed by atoms with van der Waals surface area (Å²) in [5, 5.41) is 8.94. The molecule has 4 aromatic rings. The van der Waals surface area contributed by atoms with Gasteiger partial charge in [-0.15, -0.1) is 0 Å². The van der Waals surface area contributed by atoms with E-state index in [2.05, 4.69) is 68.9 Å². The molecule has 280 valence electrons. The van der Waals surface area contributed by atoms with Crippen molar-refractivity contribution >= 4 is 51.9 Å². The molecule has 10 nitrogen and oxygen atoms in total. The quantitative estimate of drug-likeness (QED) is 0.0768. The number of ether oxygens (including phenoxy) is 1. The molecule has 0 aliphatic carbocycles. The number of rotatable bonds is 11. The number of methoxy groups -OCH3 is 1. The van der Waals surface area contributed by atoms with Crippen LogP contribution in [0.5, 0.6) is 0 Å². The molecule has 0 unspecified atom stereocenters. The fraction of sp³-hybridized carbons (Fsp3) is 0.400. The van der Waals surface area contributed by atoms with Gasteiger partial charge in [-0.25, -0.2) is 9.59 Å². The molecule has 1 amide bonds. The Hall–Kier alpha value is -2.63. The molecule has 0 spiro atoms. The Kier molecular flexibility index (Phi) is 24.5. The zero-order chi connectivity index (χ0) is 37.9. The Morgan fingerprint density at radius 3 is 1.53 bits per heavy atom. The van der Waals surface area contributed by atoms with Crippen LogP contribution >= 0.6 is 22.6 Å². The molecule has 0 saturated carbocycles. The Balaban J connectivity index is -0.000000860. The van der Waals surface area contributed by atoms with Crippen LogP contribution in [0.1, 0.15) is 151 Å². The standard InChI is InChI=1S/C20H24O4.C19H23NO4.CH3I.Li.Na.H2O.H/c1-12(2)16-11-18(24-19(16)13(3)4)17(21)10-14-6-8-15(9-7-14)20(22)23-5;1-11(2)15-10-16(24-17(15)12(3)4)18(21)20(5)14-8-6-13(7-9-14)19(22)23;1-2;;;;/h6-9,11-13H,10H2,1-5H3;6-12H,1-5H3,(H,22,23);1H3;;;1H2;/q;;;2*+1;;-1/p-1. The van der Waals surface area contributed by atoms with E-state index in [-0.39, 0.29) is 103 Å². The number of anilines is 1. The number of carboxylic acids is 1. The molecule has 0 atom stereocenters.